The summed E-state index contributed by atoms with van der Waals surface area (Å²) in [6.07, 6.45) is 4.55. The molecule has 0 atom stereocenters. The first kappa shape index (κ1) is 10.4. The summed E-state index contributed by atoms with van der Waals surface area (Å²) in [5.41, 5.74) is 1.48. The van der Waals surface area contributed by atoms with Gasteiger partial charge in [-0.25, -0.2) is 0 Å². The summed E-state index contributed by atoms with van der Waals surface area (Å²) >= 11 is 9.80. The fourth-order valence-electron chi connectivity index (χ4n) is 0.945. The van der Waals surface area contributed by atoms with Crippen LogP contribution in [0.25, 0.3) is 6.08 Å². The van der Waals surface area contributed by atoms with Crippen LogP contribution in [0, 0.1) is 0 Å². The zero-order valence-corrected chi connectivity index (χ0v) is 8.55. The van der Waals surface area contributed by atoms with Crippen LogP contribution < -0.4 is 0 Å². The maximum Gasteiger partial charge on any atom is 0.151 e. The van der Waals surface area contributed by atoms with Crippen LogP contribution in [0.2, 0.25) is 5.02 Å². The number of thiol groups is 1. The molecule has 0 aliphatic heterocycles. The Morgan fingerprint density at radius 3 is 2.85 bits per heavy atom. The third-order valence-electron chi connectivity index (χ3n) is 1.56. The van der Waals surface area contributed by atoms with E-state index in [1.165, 1.54) is 0 Å². The minimum atomic E-state index is 0.484. The Kier molecular flexibility index (Phi) is 4.06. The summed E-state index contributed by atoms with van der Waals surface area (Å²) in [6, 6.07) is 5.31. The molecule has 0 amide bonds. The van der Waals surface area contributed by atoms with Gasteiger partial charge < -0.3 is 0 Å². The van der Waals surface area contributed by atoms with E-state index in [4.69, 9.17) is 11.6 Å². The van der Waals surface area contributed by atoms with Gasteiger partial charge in [0.1, 0.15) is 0 Å². The molecule has 1 rings (SSSR count). The molecule has 1 nitrogen and oxygen atoms in total. The fraction of sp³-hybridized carbons (Fsp3) is 0.100. The van der Waals surface area contributed by atoms with Gasteiger partial charge in [-0.1, -0.05) is 29.8 Å². The molecule has 0 saturated carbocycles. The van der Waals surface area contributed by atoms with E-state index in [1.807, 2.05) is 18.2 Å². The van der Waals surface area contributed by atoms with Gasteiger partial charge in [0.2, 0.25) is 0 Å². The zero-order valence-electron chi connectivity index (χ0n) is 6.90. The smallest absolute Gasteiger partial charge is 0.151 e. The Hall–Kier alpha value is -0.730. The molecule has 0 N–H and O–H groups in total. The number of aldehydes is 1. The number of carbonyl (C=O) groups excluding carboxylic acids is 1. The van der Waals surface area contributed by atoms with E-state index < -0.39 is 0 Å². The lowest BCUT2D eigenvalue weighted by Gasteiger charge is -1.97. The largest absolute Gasteiger partial charge is 0.298 e. The predicted molar refractivity (Wildman–Crippen MR) is 59.7 cm³/mol. The van der Waals surface area contributed by atoms with Crippen LogP contribution in [0.1, 0.15) is 15.9 Å². The Morgan fingerprint density at radius 1 is 1.46 bits per heavy atom. The van der Waals surface area contributed by atoms with E-state index >= 15 is 0 Å². The molecule has 0 aliphatic rings. The lowest BCUT2D eigenvalue weighted by molar-refractivity contribution is 0.112. The van der Waals surface area contributed by atoms with Gasteiger partial charge in [0.25, 0.3) is 0 Å². The number of hydrogen-bond donors (Lipinski definition) is 1. The SMILES string of the molecule is O=Cc1cc(C=CCS)ccc1Cl. The third kappa shape index (κ3) is 2.90. The van der Waals surface area contributed by atoms with Crippen molar-refractivity contribution in [3.63, 3.8) is 0 Å². The molecular formula is C10H9ClOS. The second-order valence-corrected chi connectivity index (χ2v) is 3.26. The van der Waals surface area contributed by atoms with Gasteiger partial charge in [-0.15, -0.1) is 0 Å². The molecule has 0 aliphatic carbocycles. The number of hydrogen-bond acceptors (Lipinski definition) is 2. The molecule has 0 aromatic heterocycles. The van der Waals surface area contributed by atoms with Crippen molar-refractivity contribution in [2.45, 2.75) is 0 Å². The van der Waals surface area contributed by atoms with Gasteiger partial charge in [0.15, 0.2) is 6.29 Å². The lowest BCUT2D eigenvalue weighted by Crippen LogP contribution is -1.83. The predicted octanol–water partition coefficient (Wildman–Crippen LogP) is 3.10. The first-order valence-corrected chi connectivity index (χ1v) is 4.81. The maximum absolute atomic E-state index is 10.5. The van der Waals surface area contributed by atoms with Crippen molar-refractivity contribution in [1.29, 1.82) is 0 Å². The Morgan fingerprint density at radius 2 is 2.23 bits per heavy atom. The quantitative estimate of drug-likeness (QED) is 0.602. The summed E-state index contributed by atoms with van der Waals surface area (Å²) in [6.45, 7) is 0. The summed E-state index contributed by atoms with van der Waals surface area (Å²) in [7, 11) is 0. The van der Waals surface area contributed by atoms with Gasteiger partial charge in [-0.05, 0) is 17.7 Å². The molecular weight excluding hydrogens is 204 g/mol. The highest BCUT2D eigenvalue weighted by atomic mass is 35.5. The minimum Gasteiger partial charge on any atom is -0.298 e. The number of carbonyl (C=O) groups is 1. The number of rotatable bonds is 3. The van der Waals surface area contributed by atoms with Crippen molar-refractivity contribution >= 4 is 36.6 Å². The third-order valence-corrected chi connectivity index (χ3v) is 2.12. The second kappa shape index (κ2) is 5.10. The molecule has 0 unspecified atom stereocenters. The van der Waals surface area contributed by atoms with Crippen LogP contribution in [0.5, 0.6) is 0 Å². The molecule has 1 aromatic rings. The summed E-state index contributed by atoms with van der Waals surface area (Å²) < 4.78 is 0. The van der Waals surface area contributed by atoms with Gasteiger partial charge in [0.05, 0.1) is 5.02 Å². The van der Waals surface area contributed by atoms with Crippen molar-refractivity contribution in [1.82, 2.24) is 0 Å². The normalized spacial score (nSPS) is 10.6. The van der Waals surface area contributed by atoms with Crippen LogP contribution in [0.3, 0.4) is 0 Å². The molecule has 0 heterocycles. The highest BCUT2D eigenvalue weighted by Crippen LogP contribution is 2.16. The molecule has 3 heteroatoms. The molecule has 68 valence electrons. The van der Waals surface area contributed by atoms with Gasteiger partial charge in [-0.3, -0.25) is 4.79 Å². The first-order chi connectivity index (χ1) is 6.27. The first-order valence-electron chi connectivity index (χ1n) is 3.80. The lowest BCUT2D eigenvalue weighted by atomic mass is 10.1. The van der Waals surface area contributed by atoms with Crippen molar-refractivity contribution in [2.24, 2.45) is 0 Å². The Bertz CT molecular complexity index is 334. The molecule has 13 heavy (non-hydrogen) atoms. The van der Waals surface area contributed by atoms with E-state index in [-0.39, 0.29) is 0 Å². The number of benzene rings is 1. The minimum absolute atomic E-state index is 0.484. The average Bonchev–Trinajstić information content (AvgIpc) is 2.16. The molecule has 1 aromatic carbocycles. The van der Waals surface area contributed by atoms with Gasteiger partial charge in [-0.2, -0.15) is 12.6 Å². The standard InChI is InChI=1S/C10H9ClOS/c11-10-4-3-8(2-1-5-13)6-9(10)7-12/h1-4,6-7,13H,5H2. The van der Waals surface area contributed by atoms with Crippen molar-refractivity contribution in [3.05, 3.63) is 40.4 Å². The highest BCUT2D eigenvalue weighted by Gasteiger charge is 1.97. The Labute approximate surface area is 87.8 Å². The van der Waals surface area contributed by atoms with Crippen LogP contribution >= 0.6 is 24.2 Å². The fourth-order valence-corrected chi connectivity index (χ4v) is 1.21. The average molecular weight is 213 g/mol. The van der Waals surface area contributed by atoms with E-state index in [2.05, 4.69) is 12.6 Å². The van der Waals surface area contributed by atoms with Crippen molar-refractivity contribution in [2.75, 3.05) is 5.75 Å². The molecule has 0 radical (unpaired) electrons. The molecule has 0 fully saturated rings. The van der Waals surface area contributed by atoms with E-state index in [0.717, 1.165) is 11.8 Å². The highest BCUT2D eigenvalue weighted by molar-refractivity contribution is 7.80. The molecule has 0 spiro atoms. The van der Waals surface area contributed by atoms with E-state index in [1.54, 1.807) is 12.1 Å². The van der Waals surface area contributed by atoms with Crippen LogP contribution in [-0.4, -0.2) is 12.0 Å². The van der Waals surface area contributed by atoms with Gasteiger partial charge >= 0.3 is 0 Å². The number of halogens is 1. The topological polar surface area (TPSA) is 17.1 Å². The monoisotopic (exact) mass is 212 g/mol. The maximum atomic E-state index is 10.5. The Balaban J connectivity index is 2.99. The van der Waals surface area contributed by atoms with Crippen LogP contribution in [0.4, 0.5) is 0 Å². The summed E-state index contributed by atoms with van der Waals surface area (Å²) in [5, 5.41) is 0.484. The summed E-state index contributed by atoms with van der Waals surface area (Å²) in [4.78, 5) is 10.5. The van der Waals surface area contributed by atoms with E-state index in [0.29, 0.717) is 16.3 Å². The van der Waals surface area contributed by atoms with Crippen LogP contribution in [-0.2, 0) is 0 Å². The summed E-state index contributed by atoms with van der Waals surface area (Å²) in [5.74, 6) is 0.680. The van der Waals surface area contributed by atoms with E-state index in [9.17, 15) is 4.79 Å². The van der Waals surface area contributed by atoms with Crippen molar-refractivity contribution in [3.8, 4) is 0 Å². The zero-order chi connectivity index (χ0) is 9.68. The van der Waals surface area contributed by atoms with Gasteiger partial charge in [0, 0.05) is 11.3 Å². The second-order valence-electron chi connectivity index (χ2n) is 2.48. The van der Waals surface area contributed by atoms with Crippen molar-refractivity contribution < 1.29 is 4.79 Å². The molecule has 0 bridgehead atoms. The molecule has 0 saturated heterocycles. The van der Waals surface area contributed by atoms with Crippen LogP contribution in [0.15, 0.2) is 24.3 Å².